The van der Waals surface area contributed by atoms with E-state index in [2.05, 4.69) is 25.4 Å². The van der Waals surface area contributed by atoms with E-state index in [1.54, 1.807) is 25.4 Å². The molecule has 1 fully saturated rings. The van der Waals surface area contributed by atoms with Gasteiger partial charge in [0.25, 0.3) is 5.91 Å². The van der Waals surface area contributed by atoms with Crippen molar-refractivity contribution < 1.29 is 9.53 Å². The average molecular weight is 377 g/mol. The van der Waals surface area contributed by atoms with E-state index in [9.17, 15) is 4.79 Å². The van der Waals surface area contributed by atoms with E-state index in [-0.39, 0.29) is 11.9 Å². The normalized spacial score (nSPS) is 16.6. The van der Waals surface area contributed by atoms with E-state index in [0.29, 0.717) is 5.69 Å². The number of rotatable bonds is 5. The van der Waals surface area contributed by atoms with Crippen molar-refractivity contribution in [2.45, 2.75) is 18.9 Å². The smallest absolute Gasteiger partial charge is 0.270 e. The number of H-pyrrole nitrogens is 1. The first kappa shape index (κ1) is 18.0. The molecular weight excluding hydrogens is 354 g/mol. The van der Waals surface area contributed by atoms with E-state index < -0.39 is 0 Å². The molecule has 7 heteroatoms. The minimum absolute atomic E-state index is 0.0735. The van der Waals surface area contributed by atoms with Crippen LogP contribution in [0.3, 0.4) is 0 Å². The summed E-state index contributed by atoms with van der Waals surface area (Å²) in [6, 6.07) is 15.3. The van der Waals surface area contributed by atoms with Crippen LogP contribution in [0.25, 0.3) is 11.3 Å². The summed E-state index contributed by atoms with van der Waals surface area (Å²) in [5, 5.41) is 10.7. The lowest BCUT2D eigenvalue weighted by Crippen LogP contribution is -2.48. The summed E-state index contributed by atoms with van der Waals surface area (Å²) in [6.07, 6.45) is 3.58. The predicted molar refractivity (Wildman–Crippen MR) is 108 cm³/mol. The number of aromatic amines is 1. The third-order valence-electron chi connectivity index (χ3n) is 4.94. The number of nitrogens with one attached hydrogen (secondary N) is 2. The first-order chi connectivity index (χ1) is 13.7. The number of carbonyl (C=O) groups excluding carboxylic acids is 1. The van der Waals surface area contributed by atoms with Crippen LogP contribution in [0, 0.1) is 0 Å². The molecule has 1 aliphatic heterocycles. The fraction of sp³-hybridized carbons (Fsp3) is 0.286. The van der Waals surface area contributed by atoms with Gasteiger partial charge >= 0.3 is 0 Å². The molecule has 0 aliphatic carbocycles. The number of aromatic nitrogens is 3. The highest BCUT2D eigenvalue weighted by Crippen LogP contribution is 2.25. The Morgan fingerprint density at radius 3 is 2.86 bits per heavy atom. The molecule has 2 aromatic heterocycles. The third-order valence-corrected chi connectivity index (χ3v) is 4.94. The molecule has 0 saturated carbocycles. The van der Waals surface area contributed by atoms with Crippen LogP contribution in [0.1, 0.15) is 23.3 Å². The van der Waals surface area contributed by atoms with Crippen LogP contribution >= 0.6 is 0 Å². The quantitative estimate of drug-likeness (QED) is 0.714. The molecule has 0 spiro atoms. The fourth-order valence-corrected chi connectivity index (χ4v) is 3.45. The highest BCUT2D eigenvalue weighted by molar-refractivity contribution is 5.92. The van der Waals surface area contributed by atoms with Crippen molar-refractivity contribution in [1.29, 1.82) is 0 Å². The Labute approximate surface area is 163 Å². The average Bonchev–Trinajstić information content (AvgIpc) is 3.25. The summed E-state index contributed by atoms with van der Waals surface area (Å²) in [7, 11) is 1.66. The van der Waals surface area contributed by atoms with Crippen LogP contribution in [-0.2, 0) is 0 Å². The van der Waals surface area contributed by atoms with E-state index in [1.807, 2.05) is 36.4 Å². The first-order valence-corrected chi connectivity index (χ1v) is 9.39. The molecule has 2 N–H and O–H groups in total. The van der Waals surface area contributed by atoms with Crippen molar-refractivity contribution in [3.8, 4) is 17.0 Å². The van der Waals surface area contributed by atoms with Crippen molar-refractivity contribution in [2.24, 2.45) is 0 Å². The van der Waals surface area contributed by atoms with Gasteiger partial charge in [-0.3, -0.25) is 14.9 Å². The number of amides is 1. The maximum atomic E-state index is 12.4. The number of hydrogen-bond donors (Lipinski definition) is 2. The summed E-state index contributed by atoms with van der Waals surface area (Å²) in [5.74, 6) is 1.59. The molecule has 1 aliphatic rings. The Kier molecular flexibility index (Phi) is 5.23. The lowest BCUT2D eigenvalue weighted by atomic mass is 10.1. The summed E-state index contributed by atoms with van der Waals surface area (Å²) in [5.41, 5.74) is 2.45. The van der Waals surface area contributed by atoms with Crippen LogP contribution in [0.4, 0.5) is 5.82 Å². The molecule has 3 aromatic rings. The highest BCUT2D eigenvalue weighted by Gasteiger charge is 2.24. The van der Waals surface area contributed by atoms with Crippen molar-refractivity contribution in [3.63, 3.8) is 0 Å². The Bertz CT molecular complexity index is 923. The minimum Gasteiger partial charge on any atom is -0.497 e. The SMILES string of the molecule is COc1ccc(-c2cc(N3CCCC(NC(=O)c4ccccn4)C3)n[nH]2)cc1. The van der Waals surface area contributed by atoms with E-state index >= 15 is 0 Å². The standard InChI is InChI=1S/C21H23N5O2/c1-28-17-9-7-15(8-10-17)19-13-20(25-24-19)26-12-4-5-16(14-26)23-21(27)18-6-2-3-11-22-18/h2-3,6-11,13,16H,4-5,12,14H2,1H3,(H,23,27)(H,24,25). The van der Waals surface area contributed by atoms with Crippen LogP contribution in [0.2, 0.25) is 0 Å². The van der Waals surface area contributed by atoms with Gasteiger partial charge in [0.1, 0.15) is 11.4 Å². The lowest BCUT2D eigenvalue weighted by molar-refractivity contribution is 0.0928. The van der Waals surface area contributed by atoms with Gasteiger partial charge in [-0.05, 0) is 54.8 Å². The summed E-state index contributed by atoms with van der Waals surface area (Å²) >= 11 is 0. The monoisotopic (exact) mass is 377 g/mol. The molecule has 0 radical (unpaired) electrons. The summed E-state index contributed by atoms with van der Waals surface area (Å²) < 4.78 is 5.21. The van der Waals surface area contributed by atoms with Crippen molar-refractivity contribution in [1.82, 2.24) is 20.5 Å². The van der Waals surface area contributed by atoms with Crippen molar-refractivity contribution >= 4 is 11.7 Å². The van der Waals surface area contributed by atoms with Gasteiger partial charge in [-0.1, -0.05) is 6.07 Å². The third kappa shape index (κ3) is 3.98. The number of piperidine rings is 1. The van der Waals surface area contributed by atoms with Crippen molar-refractivity contribution in [3.05, 3.63) is 60.4 Å². The number of pyridine rings is 1. The summed E-state index contributed by atoms with van der Waals surface area (Å²) in [6.45, 7) is 1.65. The van der Waals surface area contributed by atoms with E-state index in [1.165, 1.54) is 0 Å². The van der Waals surface area contributed by atoms with Gasteiger partial charge in [0.05, 0.1) is 12.8 Å². The molecule has 3 heterocycles. The molecular formula is C21H23N5O2. The molecule has 1 atom stereocenters. The molecule has 1 unspecified atom stereocenters. The number of carbonyl (C=O) groups is 1. The number of methoxy groups -OCH3 is 1. The zero-order chi connectivity index (χ0) is 19.3. The Balaban J connectivity index is 1.42. The van der Waals surface area contributed by atoms with Gasteiger partial charge < -0.3 is 15.0 Å². The second kappa shape index (κ2) is 8.12. The van der Waals surface area contributed by atoms with Gasteiger partial charge in [0.2, 0.25) is 0 Å². The van der Waals surface area contributed by atoms with Gasteiger partial charge in [-0.25, -0.2) is 0 Å². The van der Waals surface area contributed by atoms with E-state index in [4.69, 9.17) is 4.74 Å². The zero-order valence-corrected chi connectivity index (χ0v) is 15.8. The maximum absolute atomic E-state index is 12.4. The van der Waals surface area contributed by atoms with Crippen molar-refractivity contribution in [2.75, 3.05) is 25.1 Å². The van der Waals surface area contributed by atoms with Crippen LogP contribution in [0.15, 0.2) is 54.7 Å². The Morgan fingerprint density at radius 2 is 2.11 bits per heavy atom. The molecule has 0 bridgehead atoms. The second-order valence-electron chi connectivity index (χ2n) is 6.84. The van der Waals surface area contributed by atoms with Gasteiger partial charge in [0, 0.05) is 31.4 Å². The topological polar surface area (TPSA) is 83.1 Å². The molecule has 4 rings (SSSR count). The van der Waals surface area contributed by atoms with Crippen LogP contribution in [-0.4, -0.2) is 47.3 Å². The van der Waals surface area contributed by atoms with Crippen LogP contribution in [0.5, 0.6) is 5.75 Å². The summed E-state index contributed by atoms with van der Waals surface area (Å²) in [4.78, 5) is 18.7. The van der Waals surface area contributed by atoms with Gasteiger partial charge in [0.15, 0.2) is 5.82 Å². The molecule has 1 amide bonds. The second-order valence-corrected chi connectivity index (χ2v) is 6.84. The zero-order valence-electron chi connectivity index (χ0n) is 15.8. The number of ether oxygens (including phenoxy) is 1. The molecule has 7 nitrogen and oxygen atoms in total. The van der Waals surface area contributed by atoms with Crippen LogP contribution < -0.4 is 15.0 Å². The Hall–Kier alpha value is -3.35. The molecule has 1 aromatic carbocycles. The predicted octanol–water partition coefficient (Wildman–Crippen LogP) is 2.88. The van der Waals surface area contributed by atoms with E-state index in [0.717, 1.165) is 48.8 Å². The Morgan fingerprint density at radius 1 is 1.25 bits per heavy atom. The molecule has 28 heavy (non-hydrogen) atoms. The number of hydrogen-bond acceptors (Lipinski definition) is 5. The first-order valence-electron chi connectivity index (χ1n) is 9.39. The minimum atomic E-state index is -0.131. The highest BCUT2D eigenvalue weighted by atomic mass is 16.5. The number of benzene rings is 1. The largest absolute Gasteiger partial charge is 0.497 e. The lowest BCUT2D eigenvalue weighted by Gasteiger charge is -2.33. The maximum Gasteiger partial charge on any atom is 0.270 e. The number of anilines is 1. The number of nitrogens with zero attached hydrogens (tertiary/aromatic N) is 3. The molecule has 144 valence electrons. The molecule has 1 saturated heterocycles. The van der Waals surface area contributed by atoms with Gasteiger partial charge in [-0.2, -0.15) is 5.10 Å². The fourth-order valence-electron chi connectivity index (χ4n) is 3.45. The van der Waals surface area contributed by atoms with Gasteiger partial charge in [-0.15, -0.1) is 0 Å².